The van der Waals surface area contributed by atoms with Gasteiger partial charge in [0.1, 0.15) is 6.10 Å². The van der Waals surface area contributed by atoms with Crippen LogP contribution in [0.4, 0.5) is 0 Å². The molecule has 1 unspecified atom stereocenters. The van der Waals surface area contributed by atoms with E-state index in [0.29, 0.717) is 15.8 Å². The first-order valence-corrected chi connectivity index (χ1v) is 10.5. The largest absolute Gasteiger partial charge is 0.460 e. The Labute approximate surface area is 157 Å². The van der Waals surface area contributed by atoms with Crippen LogP contribution in [0.5, 0.6) is 0 Å². The number of likely N-dealkylation sites (tertiary alicyclic amines) is 1. The number of aliphatic hydroxyl groups is 1. The van der Waals surface area contributed by atoms with Gasteiger partial charge in [0.2, 0.25) is 5.60 Å². The van der Waals surface area contributed by atoms with Crippen LogP contribution in [0.3, 0.4) is 0 Å². The van der Waals surface area contributed by atoms with Gasteiger partial charge in [-0.3, -0.25) is 0 Å². The molecular formula is C19H25NO3S2. The number of ether oxygens (including phenoxy) is 1. The van der Waals surface area contributed by atoms with Crippen LogP contribution in [0.15, 0.2) is 35.0 Å². The summed E-state index contributed by atoms with van der Waals surface area (Å²) in [6.45, 7) is 3.13. The molecule has 1 saturated heterocycles. The second-order valence-corrected chi connectivity index (χ2v) is 8.51. The van der Waals surface area contributed by atoms with Crippen molar-refractivity contribution in [3.05, 3.63) is 44.8 Å². The van der Waals surface area contributed by atoms with E-state index in [9.17, 15) is 9.90 Å². The first kappa shape index (κ1) is 18.6. The maximum Gasteiger partial charge on any atom is 0.349 e. The first-order chi connectivity index (χ1) is 12.1. The van der Waals surface area contributed by atoms with Gasteiger partial charge >= 0.3 is 5.97 Å². The minimum absolute atomic E-state index is 0.176. The minimum Gasteiger partial charge on any atom is -0.460 e. The van der Waals surface area contributed by atoms with Gasteiger partial charge in [-0.25, -0.2) is 4.79 Å². The molecule has 0 aromatic carbocycles. The normalized spacial score (nSPS) is 19.9. The Balaban J connectivity index is 1.78. The molecule has 0 amide bonds. The maximum absolute atomic E-state index is 13.0. The zero-order valence-electron chi connectivity index (χ0n) is 14.7. The zero-order chi connectivity index (χ0) is 17.9. The van der Waals surface area contributed by atoms with Crippen molar-refractivity contribution in [3.8, 4) is 0 Å². The summed E-state index contributed by atoms with van der Waals surface area (Å²) in [5, 5.41) is 15.0. The molecule has 3 heterocycles. The molecule has 0 saturated carbocycles. The molecule has 136 valence electrons. The number of esters is 1. The predicted molar refractivity (Wildman–Crippen MR) is 102 cm³/mol. The fourth-order valence-corrected chi connectivity index (χ4v) is 5.12. The third-order valence-electron chi connectivity index (χ3n) is 4.99. The first-order valence-electron chi connectivity index (χ1n) is 8.77. The number of hydrogen-bond acceptors (Lipinski definition) is 6. The van der Waals surface area contributed by atoms with E-state index in [-0.39, 0.29) is 6.10 Å². The van der Waals surface area contributed by atoms with Crippen molar-refractivity contribution in [3.63, 3.8) is 0 Å². The lowest BCUT2D eigenvalue weighted by molar-refractivity contribution is -0.168. The third kappa shape index (κ3) is 3.82. The van der Waals surface area contributed by atoms with Gasteiger partial charge in [-0.2, -0.15) is 0 Å². The number of carbonyl (C=O) groups excluding carboxylic acids is 1. The zero-order valence-corrected chi connectivity index (χ0v) is 16.3. The second kappa shape index (κ2) is 7.99. The van der Waals surface area contributed by atoms with Gasteiger partial charge in [-0.05, 0) is 62.2 Å². The van der Waals surface area contributed by atoms with Crippen LogP contribution >= 0.6 is 22.7 Å². The Hall–Kier alpha value is -1.21. The van der Waals surface area contributed by atoms with Crippen molar-refractivity contribution in [2.75, 3.05) is 13.6 Å². The highest BCUT2D eigenvalue weighted by atomic mass is 32.1. The SMILES string of the molecule is CC[C@H](CC1CCCN1C)OC(=O)C(O)(c1cccs1)c1cccs1. The maximum atomic E-state index is 13.0. The van der Waals surface area contributed by atoms with E-state index in [1.807, 2.05) is 29.8 Å². The predicted octanol–water partition coefficient (Wildman–Crippen LogP) is 3.85. The molecule has 0 radical (unpaired) electrons. The smallest absolute Gasteiger partial charge is 0.349 e. The summed E-state index contributed by atoms with van der Waals surface area (Å²) in [6, 6.07) is 7.72. The van der Waals surface area contributed by atoms with Crippen LogP contribution < -0.4 is 0 Å². The molecule has 1 aliphatic rings. The molecule has 0 aliphatic carbocycles. The van der Waals surface area contributed by atoms with E-state index in [2.05, 4.69) is 11.9 Å². The molecule has 0 spiro atoms. The van der Waals surface area contributed by atoms with E-state index in [1.165, 1.54) is 29.1 Å². The van der Waals surface area contributed by atoms with Crippen molar-refractivity contribution >= 4 is 28.6 Å². The van der Waals surface area contributed by atoms with E-state index in [0.717, 1.165) is 25.8 Å². The highest BCUT2D eigenvalue weighted by molar-refractivity contribution is 7.12. The average Bonchev–Trinajstić information content (AvgIpc) is 3.36. The molecule has 6 heteroatoms. The number of thiophene rings is 2. The van der Waals surface area contributed by atoms with Crippen LogP contribution in [0.1, 0.15) is 42.4 Å². The van der Waals surface area contributed by atoms with E-state index in [4.69, 9.17) is 4.74 Å². The quantitative estimate of drug-likeness (QED) is 0.743. The van der Waals surface area contributed by atoms with Crippen LogP contribution in [-0.2, 0) is 15.1 Å². The second-order valence-electron chi connectivity index (χ2n) is 6.61. The summed E-state index contributed by atoms with van der Waals surface area (Å²) in [5.74, 6) is -0.565. The molecule has 2 atom stereocenters. The molecule has 2 aromatic rings. The fourth-order valence-electron chi connectivity index (χ4n) is 3.41. The minimum atomic E-state index is -1.71. The molecule has 2 aromatic heterocycles. The number of hydrogen-bond donors (Lipinski definition) is 1. The summed E-state index contributed by atoms with van der Waals surface area (Å²) >= 11 is 2.74. The van der Waals surface area contributed by atoms with Gasteiger partial charge in [0, 0.05) is 6.04 Å². The van der Waals surface area contributed by atoms with Crippen molar-refractivity contribution in [2.45, 2.75) is 50.4 Å². The molecule has 0 bridgehead atoms. The molecule has 1 aliphatic heterocycles. The molecule has 1 fully saturated rings. The van der Waals surface area contributed by atoms with Crippen LogP contribution in [0.2, 0.25) is 0 Å². The van der Waals surface area contributed by atoms with Crippen molar-refractivity contribution in [1.82, 2.24) is 4.90 Å². The van der Waals surface area contributed by atoms with E-state index >= 15 is 0 Å². The summed E-state index contributed by atoms with van der Waals surface area (Å²) in [4.78, 5) is 16.6. The van der Waals surface area contributed by atoms with Gasteiger partial charge in [0.15, 0.2) is 0 Å². The Bertz CT molecular complexity index is 635. The standard InChI is InChI=1S/C19H25NO3S2/c1-3-15(13-14-7-4-10-20(14)2)23-18(21)19(22,16-8-5-11-24-16)17-9-6-12-25-17/h5-6,8-9,11-12,14-15,22H,3-4,7,10,13H2,1-2H3/t14?,15-/m1/s1. The Kier molecular flexibility index (Phi) is 5.94. The fraction of sp³-hybridized carbons (Fsp3) is 0.526. The highest BCUT2D eigenvalue weighted by Gasteiger charge is 2.44. The number of nitrogens with zero attached hydrogens (tertiary/aromatic N) is 1. The summed E-state index contributed by atoms with van der Waals surface area (Å²) in [7, 11) is 2.12. The molecule has 4 nitrogen and oxygen atoms in total. The number of carbonyl (C=O) groups is 1. The lowest BCUT2D eigenvalue weighted by Gasteiger charge is -2.29. The van der Waals surface area contributed by atoms with Gasteiger partial charge < -0.3 is 14.7 Å². The Morgan fingerprint density at radius 3 is 2.44 bits per heavy atom. The summed E-state index contributed by atoms with van der Waals surface area (Å²) < 4.78 is 5.82. The topological polar surface area (TPSA) is 49.8 Å². The van der Waals surface area contributed by atoms with E-state index in [1.54, 1.807) is 12.1 Å². The average molecular weight is 380 g/mol. The molecule has 3 rings (SSSR count). The Morgan fingerprint density at radius 2 is 2.00 bits per heavy atom. The summed E-state index contributed by atoms with van der Waals surface area (Å²) in [6.07, 6.45) is 3.74. The van der Waals surface area contributed by atoms with E-state index < -0.39 is 11.6 Å². The van der Waals surface area contributed by atoms with Gasteiger partial charge in [-0.1, -0.05) is 19.1 Å². The summed E-state index contributed by atoms with van der Waals surface area (Å²) in [5.41, 5.74) is -1.71. The monoisotopic (exact) mass is 379 g/mol. The highest BCUT2D eigenvalue weighted by Crippen LogP contribution is 2.37. The van der Waals surface area contributed by atoms with Crippen molar-refractivity contribution < 1.29 is 14.6 Å². The lowest BCUT2D eigenvalue weighted by Crippen LogP contribution is -2.40. The van der Waals surface area contributed by atoms with Crippen LogP contribution in [-0.4, -0.2) is 41.7 Å². The van der Waals surface area contributed by atoms with Crippen molar-refractivity contribution in [2.24, 2.45) is 0 Å². The lowest BCUT2D eigenvalue weighted by atomic mass is 9.99. The third-order valence-corrected chi connectivity index (χ3v) is 6.94. The van der Waals surface area contributed by atoms with Gasteiger partial charge in [0.05, 0.1) is 9.75 Å². The van der Waals surface area contributed by atoms with Gasteiger partial charge in [0.25, 0.3) is 0 Å². The number of rotatable bonds is 7. The Morgan fingerprint density at radius 1 is 1.36 bits per heavy atom. The van der Waals surface area contributed by atoms with Crippen LogP contribution in [0.25, 0.3) is 0 Å². The molecule has 25 heavy (non-hydrogen) atoms. The molecular weight excluding hydrogens is 354 g/mol. The molecule has 1 N–H and O–H groups in total. The van der Waals surface area contributed by atoms with Crippen molar-refractivity contribution in [1.29, 1.82) is 0 Å². The van der Waals surface area contributed by atoms with Gasteiger partial charge in [-0.15, -0.1) is 22.7 Å². The van der Waals surface area contributed by atoms with Crippen LogP contribution in [0, 0.1) is 0 Å².